The van der Waals surface area contributed by atoms with Gasteiger partial charge in [-0.25, -0.2) is 13.8 Å². The third-order valence-corrected chi connectivity index (χ3v) is 2.23. The minimum atomic E-state index is -5.02. The molecule has 0 unspecified atom stereocenters. The van der Waals surface area contributed by atoms with Gasteiger partial charge in [-0.2, -0.15) is 0 Å². The molecule has 0 radical (unpaired) electrons. The van der Waals surface area contributed by atoms with Crippen molar-refractivity contribution in [2.75, 3.05) is 0 Å². The molecule has 3 nitrogen and oxygen atoms in total. The molecule has 1 N–H and O–H groups in total. The van der Waals surface area contributed by atoms with E-state index in [2.05, 4.69) is 9.72 Å². The van der Waals surface area contributed by atoms with E-state index < -0.39 is 36.4 Å². The van der Waals surface area contributed by atoms with Gasteiger partial charge in [0.15, 0.2) is 0 Å². The molecule has 1 aromatic rings. The SMILES string of the molecule is OCc1c(OC(F)(F)F)cc(I)nc1C(F)F. The summed E-state index contributed by atoms with van der Waals surface area (Å²) in [5.74, 6) is -0.866. The molecule has 0 aliphatic rings. The molecule has 1 rings (SSSR count). The summed E-state index contributed by atoms with van der Waals surface area (Å²) in [7, 11) is 0. The zero-order valence-electron chi connectivity index (χ0n) is 7.93. The summed E-state index contributed by atoms with van der Waals surface area (Å²) in [6.45, 7) is -1.02. The van der Waals surface area contributed by atoms with E-state index in [0.717, 1.165) is 6.07 Å². The van der Waals surface area contributed by atoms with Crippen LogP contribution in [-0.4, -0.2) is 16.5 Å². The Morgan fingerprint density at radius 1 is 1.41 bits per heavy atom. The molecule has 0 saturated carbocycles. The molecule has 0 atom stereocenters. The third-order valence-electron chi connectivity index (χ3n) is 1.67. The van der Waals surface area contributed by atoms with E-state index in [0.29, 0.717) is 0 Å². The maximum atomic E-state index is 12.5. The Bertz CT molecular complexity index is 410. The summed E-state index contributed by atoms with van der Waals surface area (Å²) in [4.78, 5) is 3.36. The number of hydrogen-bond donors (Lipinski definition) is 1. The maximum Gasteiger partial charge on any atom is 0.573 e. The van der Waals surface area contributed by atoms with Gasteiger partial charge >= 0.3 is 6.36 Å². The van der Waals surface area contributed by atoms with Crippen LogP contribution in [0.5, 0.6) is 5.75 Å². The van der Waals surface area contributed by atoms with Crippen molar-refractivity contribution in [3.8, 4) is 5.75 Å². The molecule has 96 valence electrons. The van der Waals surface area contributed by atoms with E-state index in [1.54, 1.807) is 0 Å². The van der Waals surface area contributed by atoms with Crippen LogP contribution in [0.15, 0.2) is 6.07 Å². The van der Waals surface area contributed by atoms with E-state index in [1.165, 1.54) is 22.6 Å². The van der Waals surface area contributed by atoms with Gasteiger partial charge in [-0.05, 0) is 22.6 Å². The van der Waals surface area contributed by atoms with E-state index in [9.17, 15) is 22.0 Å². The molecule has 0 aromatic carbocycles. The van der Waals surface area contributed by atoms with Gasteiger partial charge in [-0.3, -0.25) is 0 Å². The van der Waals surface area contributed by atoms with Crippen molar-refractivity contribution in [2.24, 2.45) is 0 Å². The lowest BCUT2D eigenvalue weighted by Crippen LogP contribution is -2.19. The Hall–Kier alpha value is -0.710. The highest BCUT2D eigenvalue weighted by molar-refractivity contribution is 14.1. The first-order chi connectivity index (χ1) is 7.74. The number of nitrogens with zero attached hydrogens (tertiary/aromatic N) is 1. The number of rotatable bonds is 3. The van der Waals surface area contributed by atoms with Crippen molar-refractivity contribution in [3.05, 3.63) is 21.0 Å². The summed E-state index contributed by atoms with van der Waals surface area (Å²) in [6, 6.07) is 0.825. The normalized spacial score (nSPS) is 12.0. The summed E-state index contributed by atoms with van der Waals surface area (Å²) < 4.78 is 64.5. The number of pyridine rings is 1. The Morgan fingerprint density at radius 3 is 2.41 bits per heavy atom. The highest BCUT2D eigenvalue weighted by Gasteiger charge is 2.33. The molecule has 0 aliphatic heterocycles. The van der Waals surface area contributed by atoms with Crippen LogP contribution < -0.4 is 4.74 Å². The first-order valence-corrected chi connectivity index (χ1v) is 5.16. The second-order valence-corrected chi connectivity index (χ2v) is 3.92. The lowest BCUT2D eigenvalue weighted by molar-refractivity contribution is -0.275. The molecule has 1 heterocycles. The minimum Gasteiger partial charge on any atom is -0.405 e. The molecule has 0 amide bonds. The molecule has 0 bridgehead atoms. The van der Waals surface area contributed by atoms with Crippen molar-refractivity contribution >= 4 is 22.6 Å². The van der Waals surface area contributed by atoms with E-state index in [1.807, 2.05) is 0 Å². The molecule has 1 aromatic heterocycles. The summed E-state index contributed by atoms with van der Waals surface area (Å²) in [5, 5.41) is 8.81. The van der Waals surface area contributed by atoms with Gasteiger partial charge in [-0.1, -0.05) is 0 Å². The molecular formula is C8H5F5INO2. The van der Waals surface area contributed by atoms with Gasteiger partial charge in [0, 0.05) is 11.6 Å². The van der Waals surface area contributed by atoms with Gasteiger partial charge in [0.2, 0.25) is 0 Å². The summed E-state index contributed by atoms with van der Waals surface area (Å²) in [5.41, 5.74) is -1.59. The molecular weight excluding hydrogens is 364 g/mol. The van der Waals surface area contributed by atoms with E-state index >= 15 is 0 Å². The first kappa shape index (κ1) is 14.4. The van der Waals surface area contributed by atoms with Crippen LogP contribution in [0.3, 0.4) is 0 Å². The maximum absolute atomic E-state index is 12.5. The number of ether oxygens (including phenoxy) is 1. The first-order valence-electron chi connectivity index (χ1n) is 4.08. The molecule has 0 spiro atoms. The quantitative estimate of drug-likeness (QED) is 0.506. The van der Waals surface area contributed by atoms with Gasteiger partial charge in [0.05, 0.1) is 6.61 Å². The number of aromatic nitrogens is 1. The number of hydrogen-bond acceptors (Lipinski definition) is 3. The van der Waals surface area contributed by atoms with Crippen LogP contribution in [0.25, 0.3) is 0 Å². The molecule has 0 aliphatic carbocycles. The van der Waals surface area contributed by atoms with Crippen molar-refractivity contribution in [2.45, 2.75) is 19.4 Å². The van der Waals surface area contributed by atoms with Crippen LogP contribution >= 0.6 is 22.6 Å². The Balaban J connectivity index is 3.28. The number of aliphatic hydroxyl groups excluding tert-OH is 1. The lowest BCUT2D eigenvalue weighted by Gasteiger charge is -2.15. The van der Waals surface area contributed by atoms with Crippen LogP contribution in [0.1, 0.15) is 17.7 Å². The Morgan fingerprint density at radius 2 is 2.00 bits per heavy atom. The monoisotopic (exact) mass is 369 g/mol. The molecule has 0 fully saturated rings. The molecule has 17 heavy (non-hydrogen) atoms. The largest absolute Gasteiger partial charge is 0.573 e. The average molecular weight is 369 g/mol. The second kappa shape index (κ2) is 5.29. The molecule has 0 saturated heterocycles. The zero-order chi connectivity index (χ0) is 13.2. The predicted molar refractivity (Wildman–Crippen MR) is 54.5 cm³/mol. The highest BCUT2D eigenvalue weighted by Crippen LogP contribution is 2.33. The minimum absolute atomic E-state index is 0.0886. The number of halogens is 6. The average Bonchev–Trinajstić information content (AvgIpc) is 2.14. The predicted octanol–water partition coefficient (Wildman–Crippen LogP) is 3.01. The fourth-order valence-corrected chi connectivity index (χ4v) is 1.63. The summed E-state index contributed by atoms with van der Waals surface area (Å²) >= 11 is 1.48. The van der Waals surface area contributed by atoms with Crippen molar-refractivity contribution < 1.29 is 31.8 Å². The van der Waals surface area contributed by atoms with Crippen LogP contribution in [0, 0.1) is 3.70 Å². The van der Waals surface area contributed by atoms with Gasteiger partial charge in [0.1, 0.15) is 15.1 Å². The van der Waals surface area contributed by atoms with Gasteiger partial charge in [-0.15, -0.1) is 13.2 Å². The lowest BCUT2D eigenvalue weighted by atomic mass is 10.2. The fourth-order valence-electron chi connectivity index (χ4n) is 1.09. The smallest absolute Gasteiger partial charge is 0.405 e. The van der Waals surface area contributed by atoms with Crippen LogP contribution in [0.4, 0.5) is 22.0 Å². The fraction of sp³-hybridized carbons (Fsp3) is 0.375. The van der Waals surface area contributed by atoms with Crippen LogP contribution in [0.2, 0.25) is 0 Å². The second-order valence-electron chi connectivity index (χ2n) is 2.81. The van der Waals surface area contributed by atoms with Crippen molar-refractivity contribution in [1.82, 2.24) is 4.98 Å². The van der Waals surface area contributed by atoms with E-state index in [4.69, 9.17) is 5.11 Å². The van der Waals surface area contributed by atoms with Crippen molar-refractivity contribution in [3.63, 3.8) is 0 Å². The topological polar surface area (TPSA) is 42.4 Å². The van der Waals surface area contributed by atoms with Crippen molar-refractivity contribution in [1.29, 1.82) is 0 Å². The van der Waals surface area contributed by atoms with Gasteiger partial charge < -0.3 is 9.84 Å². The Kier molecular flexibility index (Phi) is 4.47. The Labute approximate surface area is 106 Å². The summed E-state index contributed by atoms with van der Waals surface area (Å²) in [6.07, 6.45) is -8.12. The van der Waals surface area contributed by atoms with Gasteiger partial charge in [0.25, 0.3) is 6.43 Å². The molecule has 9 heteroatoms. The van der Waals surface area contributed by atoms with Crippen LogP contribution in [-0.2, 0) is 6.61 Å². The standard InChI is InChI=1S/C8H5F5INO2/c9-7(10)6-3(2-16)4(1-5(14)15-6)17-8(11,12)13/h1,7,16H,2H2. The van der Waals surface area contributed by atoms with E-state index in [-0.39, 0.29) is 3.70 Å². The number of alkyl halides is 5. The third kappa shape index (κ3) is 3.91. The highest BCUT2D eigenvalue weighted by atomic mass is 127. The zero-order valence-corrected chi connectivity index (χ0v) is 10.1. The number of aliphatic hydroxyl groups is 1.